The second kappa shape index (κ2) is 8.33. The summed E-state index contributed by atoms with van der Waals surface area (Å²) in [7, 11) is 0. The van der Waals surface area contributed by atoms with Crippen molar-refractivity contribution >= 4 is 5.91 Å². The molecule has 25 heavy (non-hydrogen) atoms. The van der Waals surface area contributed by atoms with Gasteiger partial charge in [0.15, 0.2) is 11.7 Å². The van der Waals surface area contributed by atoms with Crippen LogP contribution in [0.3, 0.4) is 0 Å². The number of aromatic nitrogens is 1. The Kier molecular flexibility index (Phi) is 5.67. The lowest BCUT2D eigenvalue weighted by molar-refractivity contribution is -0.121. The molecule has 3 rings (SSSR count). The van der Waals surface area contributed by atoms with Gasteiger partial charge in [0.1, 0.15) is 5.76 Å². The number of nitrogens with zero attached hydrogens (tertiary/aromatic N) is 1. The Morgan fingerprint density at radius 3 is 2.76 bits per heavy atom. The third kappa shape index (κ3) is 5.08. The molecule has 1 atom stereocenters. The zero-order valence-electron chi connectivity index (χ0n) is 14.3. The van der Waals surface area contributed by atoms with Crippen LogP contribution in [0.5, 0.6) is 0 Å². The van der Waals surface area contributed by atoms with Crippen molar-refractivity contribution in [3.63, 3.8) is 0 Å². The molecule has 0 saturated carbocycles. The van der Waals surface area contributed by atoms with Gasteiger partial charge in [-0.1, -0.05) is 30.3 Å². The lowest BCUT2D eigenvalue weighted by Gasteiger charge is -2.12. The lowest BCUT2D eigenvalue weighted by Crippen LogP contribution is -2.33. The number of carbonyl (C=O) groups excluding carboxylic acids is 1. The smallest absolute Gasteiger partial charge is 0.220 e. The SMILES string of the molecule is CC(CCc1ccco1)NC(=O)CCc1ncc(-c2ccccc2)o1. The third-order valence-corrected chi connectivity index (χ3v) is 3.99. The van der Waals surface area contributed by atoms with Crippen LogP contribution in [0.1, 0.15) is 31.4 Å². The van der Waals surface area contributed by atoms with Crippen molar-refractivity contribution in [2.45, 2.75) is 38.6 Å². The van der Waals surface area contributed by atoms with E-state index in [0.29, 0.717) is 18.7 Å². The van der Waals surface area contributed by atoms with Crippen LogP contribution in [0.4, 0.5) is 0 Å². The van der Waals surface area contributed by atoms with E-state index in [1.807, 2.05) is 49.4 Å². The van der Waals surface area contributed by atoms with Gasteiger partial charge in [-0.05, 0) is 25.5 Å². The molecule has 130 valence electrons. The molecule has 5 nitrogen and oxygen atoms in total. The quantitative estimate of drug-likeness (QED) is 0.674. The van der Waals surface area contributed by atoms with Crippen LogP contribution in [-0.2, 0) is 17.6 Å². The summed E-state index contributed by atoms with van der Waals surface area (Å²) in [5.41, 5.74) is 0.984. The molecule has 1 amide bonds. The fraction of sp³-hybridized carbons (Fsp3) is 0.300. The van der Waals surface area contributed by atoms with E-state index >= 15 is 0 Å². The van der Waals surface area contributed by atoms with Gasteiger partial charge in [0, 0.05) is 30.9 Å². The molecule has 5 heteroatoms. The van der Waals surface area contributed by atoms with Crippen LogP contribution >= 0.6 is 0 Å². The van der Waals surface area contributed by atoms with Crippen LogP contribution < -0.4 is 5.32 Å². The van der Waals surface area contributed by atoms with Gasteiger partial charge in [0.25, 0.3) is 0 Å². The van der Waals surface area contributed by atoms with E-state index in [-0.39, 0.29) is 11.9 Å². The molecular formula is C20H22N2O3. The number of amides is 1. The fourth-order valence-corrected chi connectivity index (χ4v) is 2.61. The fourth-order valence-electron chi connectivity index (χ4n) is 2.61. The van der Waals surface area contributed by atoms with Crippen LogP contribution in [-0.4, -0.2) is 16.9 Å². The number of aryl methyl sites for hydroxylation is 2. The summed E-state index contributed by atoms with van der Waals surface area (Å²) >= 11 is 0. The van der Waals surface area contributed by atoms with Crippen LogP contribution in [0.2, 0.25) is 0 Å². The summed E-state index contributed by atoms with van der Waals surface area (Å²) in [5, 5.41) is 3.00. The van der Waals surface area contributed by atoms with Crippen molar-refractivity contribution in [3.8, 4) is 11.3 Å². The van der Waals surface area contributed by atoms with E-state index in [0.717, 1.165) is 29.9 Å². The maximum Gasteiger partial charge on any atom is 0.220 e. The van der Waals surface area contributed by atoms with Crippen LogP contribution in [0.25, 0.3) is 11.3 Å². The van der Waals surface area contributed by atoms with Gasteiger partial charge < -0.3 is 14.2 Å². The Balaban J connectivity index is 1.42. The Bertz CT molecular complexity index is 778. The van der Waals surface area contributed by atoms with Crippen molar-refractivity contribution in [1.29, 1.82) is 0 Å². The predicted octanol–water partition coefficient (Wildman–Crippen LogP) is 4.00. The molecule has 0 spiro atoms. The first kappa shape index (κ1) is 17.0. The topological polar surface area (TPSA) is 68.3 Å². The molecule has 3 aromatic rings. The second-order valence-electron chi connectivity index (χ2n) is 6.07. The Morgan fingerprint density at radius 1 is 1.16 bits per heavy atom. The third-order valence-electron chi connectivity index (χ3n) is 3.99. The van der Waals surface area contributed by atoms with Crippen LogP contribution in [0.15, 0.2) is 63.8 Å². The lowest BCUT2D eigenvalue weighted by atomic mass is 10.1. The van der Waals surface area contributed by atoms with E-state index in [4.69, 9.17) is 8.83 Å². The van der Waals surface area contributed by atoms with E-state index in [1.54, 1.807) is 12.5 Å². The molecule has 1 aromatic carbocycles. The highest BCUT2D eigenvalue weighted by Gasteiger charge is 2.11. The zero-order valence-corrected chi connectivity index (χ0v) is 14.3. The molecule has 0 aliphatic rings. The van der Waals surface area contributed by atoms with E-state index in [9.17, 15) is 4.79 Å². The predicted molar refractivity (Wildman–Crippen MR) is 94.9 cm³/mol. The van der Waals surface area contributed by atoms with Gasteiger partial charge in [-0.15, -0.1) is 0 Å². The average Bonchev–Trinajstić information content (AvgIpc) is 3.31. The van der Waals surface area contributed by atoms with E-state index in [1.165, 1.54) is 0 Å². The number of carbonyl (C=O) groups is 1. The summed E-state index contributed by atoms with van der Waals surface area (Å²) in [4.78, 5) is 16.3. The highest BCUT2D eigenvalue weighted by atomic mass is 16.4. The number of hydrogen-bond acceptors (Lipinski definition) is 4. The summed E-state index contributed by atoms with van der Waals surface area (Å²) in [5.74, 6) is 2.25. The van der Waals surface area contributed by atoms with Crippen molar-refractivity contribution < 1.29 is 13.6 Å². The van der Waals surface area contributed by atoms with Crippen molar-refractivity contribution in [1.82, 2.24) is 10.3 Å². The molecule has 0 aliphatic carbocycles. The summed E-state index contributed by atoms with van der Waals surface area (Å²) in [6, 6.07) is 13.7. The molecule has 0 fully saturated rings. The van der Waals surface area contributed by atoms with Gasteiger partial charge >= 0.3 is 0 Å². The number of rotatable bonds is 8. The monoisotopic (exact) mass is 338 g/mol. The van der Waals surface area contributed by atoms with Crippen molar-refractivity contribution in [2.75, 3.05) is 0 Å². The molecule has 0 bridgehead atoms. The maximum absolute atomic E-state index is 12.1. The minimum absolute atomic E-state index is 0.00593. The molecule has 0 aliphatic heterocycles. The van der Waals surface area contributed by atoms with Gasteiger partial charge in [-0.3, -0.25) is 4.79 Å². The Hall–Kier alpha value is -2.82. The molecule has 0 saturated heterocycles. The Morgan fingerprint density at radius 2 is 2.00 bits per heavy atom. The second-order valence-corrected chi connectivity index (χ2v) is 6.07. The number of furan rings is 1. The Labute approximate surface area is 147 Å². The van der Waals surface area contributed by atoms with Gasteiger partial charge in [0.05, 0.1) is 12.5 Å². The van der Waals surface area contributed by atoms with Gasteiger partial charge in [-0.2, -0.15) is 0 Å². The summed E-state index contributed by atoms with van der Waals surface area (Å²) in [6.45, 7) is 2.00. The minimum atomic E-state index is 0.00593. The van der Waals surface area contributed by atoms with Gasteiger partial charge in [0.2, 0.25) is 5.91 Å². The summed E-state index contributed by atoms with van der Waals surface area (Å²) in [6.07, 6.45) is 5.88. The largest absolute Gasteiger partial charge is 0.469 e. The zero-order chi connectivity index (χ0) is 17.5. The molecule has 1 unspecified atom stereocenters. The minimum Gasteiger partial charge on any atom is -0.469 e. The van der Waals surface area contributed by atoms with Crippen molar-refractivity contribution in [3.05, 3.63) is 66.6 Å². The highest BCUT2D eigenvalue weighted by Crippen LogP contribution is 2.20. The standard InChI is InChI=1S/C20H22N2O3/c1-15(9-10-17-8-5-13-24-17)22-19(23)11-12-20-21-14-18(25-20)16-6-3-2-4-7-16/h2-8,13-15H,9-12H2,1H3,(H,22,23). The maximum atomic E-state index is 12.1. The first-order valence-corrected chi connectivity index (χ1v) is 8.52. The number of oxazole rings is 1. The van der Waals surface area contributed by atoms with Crippen molar-refractivity contribution in [2.24, 2.45) is 0 Å². The molecule has 1 N–H and O–H groups in total. The molecule has 2 aromatic heterocycles. The molecule has 0 radical (unpaired) electrons. The highest BCUT2D eigenvalue weighted by molar-refractivity contribution is 5.76. The number of benzene rings is 1. The van der Waals surface area contributed by atoms with E-state index in [2.05, 4.69) is 10.3 Å². The van der Waals surface area contributed by atoms with Gasteiger partial charge in [-0.25, -0.2) is 4.98 Å². The number of nitrogens with one attached hydrogen (secondary N) is 1. The van der Waals surface area contributed by atoms with E-state index < -0.39 is 0 Å². The first-order valence-electron chi connectivity index (χ1n) is 8.52. The molecular weight excluding hydrogens is 316 g/mol. The number of hydrogen-bond donors (Lipinski definition) is 1. The normalized spacial score (nSPS) is 12.0. The first-order chi connectivity index (χ1) is 12.2. The molecule has 2 heterocycles. The average molecular weight is 338 g/mol. The summed E-state index contributed by atoms with van der Waals surface area (Å²) < 4.78 is 11.0. The van der Waals surface area contributed by atoms with Crippen LogP contribution in [0, 0.1) is 0 Å².